The van der Waals surface area contributed by atoms with Gasteiger partial charge in [-0.2, -0.15) is 0 Å². The Morgan fingerprint density at radius 2 is 1.60 bits per heavy atom. The predicted octanol–water partition coefficient (Wildman–Crippen LogP) is 4.81. The van der Waals surface area contributed by atoms with Gasteiger partial charge in [0.25, 0.3) is 5.91 Å². The maximum absolute atomic E-state index is 14.0. The molecule has 0 aliphatic rings. The van der Waals surface area contributed by atoms with Crippen molar-refractivity contribution in [1.82, 2.24) is 10.6 Å². The quantitative estimate of drug-likeness (QED) is 0.364. The Morgan fingerprint density at radius 1 is 0.950 bits per heavy atom. The summed E-state index contributed by atoms with van der Waals surface area (Å²) in [5.74, 6) is -0.221. The highest BCUT2D eigenvalue weighted by Gasteiger charge is 2.36. The van der Waals surface area contributed by atoms with Crippen LogP contribution in [0.2, 0.25) is 0 Å². The van der Waals surface area contributed by atoms with Crippen molar-refractivity contribution in [3.05, 3.63) is 69.4 Å². The van der Waals surface area contributed by atoms with E-state index in [1.54, 1.807) is 35.7 Å². The van der Waals surface area contributed by atoms with Gasteiger partial charge in [-0.25, -0.2) is 0 Å². The second-order valence-corrected chi connectivity index (χ2v) is 11.2. The molecular formula is C30H37N3O6S. The third-order valence-corrected chi connectivity index (χ3v) is 7.13. The molecule has 0 aliphatic heterocycles. The van der Waals surface area contributed by atoms with E-state index in [4.69, 9.17) is 14.2 Å². The fraction of sp³-hybridized carbons (Fsp3) is 0.367. The Balaban J connectivity index is 2.21. The molecule has 1 atom stereocenters. The van der Waals surface area contributed by atoms with Gasteiger partial charge >= 0.3 is 0 Å². The van der Waals surface area contributed by atoms with E-state index in [9.17, 15) is 14.4 Å². The summed E-state index contributed by atoms with van der Waals surface area (Å²) < 4.78 is 16.6. The summed E-state index contributed by atoms with van der Waals surface area (Å²) in [5.41, 5.74) is 2.15. The molecule has 3 rings (SSSR count). The second kappa shape index (κ2) is 12.9. The van der Waals surface area contributed by atoms with E-state index in [0.29, 0.717) is 33.4 Å². The van der Waals surface area contributed by atoms with Gasteiger partial charge in [-0.1, -0.05) is 18.2 Å². The van der Waals surface area contributed by atoms with Gasteiger partial charge in [-0.05, 0) is 81.0 Å². The fourth-order valence-electron chi connectivity index (χ4n) is 4.26. The minimum absolute atomic E-state index is 0.326. The van der Waals surface area contributed by atoms with Gasteiger partial charge < -0.3 is 24.8 Å². The molecule has 2 N–H and O–H groups in total. The summed E-state index contributed by atoms with van der Waals surface area (Å²) in [7, 11) is 4.46. The number of aryl methyl sites for hydroxylation is 1. The van der Waals surface area contributed by atoms with Gasteiger partial charge in [0.05, 0.1) is 32.8 Å². The first-order chi connectivity index (χ1) is 18.9. The normalized spacial score (nSPS) is 11.8. The molecular weight excluding hydrogens is 530 g/mol. The Bertz CT molecular complexity index is 1340. The van der Waals surface area contributed by atoms with Crippen LogP contribution in [0.4, 0.5) is 5.69 Å². The van der Waals surface area contributed by atoms with Gasteiger partial charge in [-0.3, -0.25) is 19.3 Å². The van der Waals surface area contributed by atoms with Crippen LogP contribution in [0.15, 0.2) is 47.8 Å². The van der Waals surface area contributed by atoms with Crippen LogP contribution in [0.1, 0.15) is 53.2 Å². The lowest BCUT2D eigenvalue weighted by atomic mass is 9.98. The molecule has 3 amide bonds. The van der Waals surface area contributed by atoms with Crippen LogP contribution < -0.4 is 29.7 Å². The molecule has 214 valence electrons. The molecule has 1 aromatic heterocycles. The van der Waals surface area contributed by atoms with Crippen molar-refractivity contribution in [2.75, 3.05) is 32.8 Å². The van der Waals surface area contributed by atoms with Crippen molar-refractivity contribution in [2.45, 2.75) is 46.2 Å². The molecule has 0 fully saturated rings. The number of ether oxygens (including phenoxy) is 3. The number of hydrogen-bond donors (Lipinski definition) is 2. The third kappa shape index (κ3) is 6.93. The molecule has 0 saturated heterocycles. The molecule has 1 heterocycles. The average molecular weight is 568 g/mol. The Kier molecular flexibility index (Phi) is 9.81. The monoisotopic (exact) mass is 567 g/mol. The van der Waals surface area contributed by atoms with Crippen molar-refractivity contribution >= 4 is 34.7 Å². The van der Waals surface area contributed by atoms with Crippen LogP contribution >= 0.6 is 11.3 Å². The number of carbonyl (C=O) groups excluding carboxylic acids is 3. The summed E-state index contributed by atoms with van der Waals surface area (Å²) in [5, 5.41) is 7.51. The summed E-state index contributed by atoms with van der Waals surface area (Å²) in [4.78, 5) is 42.7. The van der Waals surface area contributed by atoms with Crippen LogP contribution in [0.5, 0.6) is 17.2 Å². The first-order valence-corrected chi connectivity index (χ1v) is 13.6. The molecule has 0 radical (unpaired) electrons. The smallest absolute Gasteiger partial charge is 0.261 e. The largest absolute Gasteiger partial charge is 0.493 e. The maximum Gasteiger partial charge on any atom is 0.261 e. The lowest BCUT2D eigenvalue weighted by Gasteiger charge is -2.35. The first kappa shape index (κ1) is 30.5. The first-order valence-electron chi connectivity index (χ1n) is 12.7. The minimum atomic E-state index is -1.14. The van der Waals surface area contributed by atoms with Crippen LogP contribution in [-0.2, 0) is 9.59 Å². The molecule has 0 saturated carbocycles. The van der Waals surface area contributed by atoms with E-state index in [0.717, 1.165) is 11.1 Å². The number of carbonyl (C=O) groups is 3. The van der Waals surface area contributed by atoms with Crippen molar-refractivity contribution in [1.29, 1.82) is 0 Å². The van der Waals surface area contributed by atoms with Crippen molar-refractivity contribution < 1.29 is 28.6 Å². The number of rotatable bonds is 10. The third-order valence-electron chi connectivity index (χ3n) is 6.26. The van der Waals surface area contributed by atoms with Gasteiger partial charge in [0.2, 0.25) is 17.6 Å². The molecule has 0 spiro atoms. The number of nitrogens with zero attached hydrogens (tertiary/aromatic N) is 1. The van der Waals surface area contributed by atoms with Gasteiger partial charge in [-0.15, -0.1) is 11.3 Å². The van der Waals surface area contributed by atoms with Crippen LogP contribution in [-0.4, -0.2) is 51.1 Å². The van der Waals surface area contributed by atoms with E-state index in [-0.39, 0.29) is 12.5 Å². The van der Waals surface area contributed by atoms with Gasteiger partial charge in [0, 0.05) is 11.2 Å². The predicted molar refractivity (Wildman–Crippen MR) is 157 cm³/mol. The lowest BCUT2D eigenvalue weighted by molar-refractivity contribution is -0.127. The van der Waals surface area contributed by atoms with Crippen LogP contribution in [0.3, 0.4) is 0 Å². The number of hydrogen-bond acceptors (Lipinski definition) is 7. The fourth-order valence-corrected chi connectivity index (χ4v) is 4.90. The van der Waals surface area contributed by atoms with E-state index < -0.39 is 23.4 Å². The van der Waals surface area contributed by atoms with Crippen molar-refractivity contribution in [3.8, 4) is 17.2 Å². The Morgan fingerprint density at radius 3 is 2.12 bits per heavy atom. The van der Waals surface area contributed by atoms with E-state index in [1.807, 2.05) is 46.8 Å². The molecule has 2 aromatic carbocycles. The minimum Gasteiger partial charge on any atom is -0.493 e. The molecule has 9 nitrogen and oxygen atoms in total. The van der Waals surface area contributed by atoms with Crippen molar-refractivity contribution in [2.24, 2.45) is 0 Å². The summed E-state index contributed by atoms with van der Waals surface area (Å²) in [6.45, 7) is 9.09. The van der Waals surface area contributed by atoms with E-state index in [1.165, 1.54) is 37.6 Å². The highest BCUT2D eigenvalue weighted by Crippen LogP contribution is 2.42. The summed E-state index contributed by atoms with van der Waals surface area (Å²) in [6, 6.07) is 11.2. The molecule has 0 aliphatic carbocycles. The zero-order valence-corrected chi connectivity index (χ0v) is 25.0. The number of nitrogens with one attached hydrogen (secondary N) is 2. The number of anilines is 1. The van der Waals surface area contributed by atoms with Gasteiger partial charge in [0.1, 0.15) is 6.04 Å². The number of thiophene rings is 1. The lowest BCUT2D eigenvalue weighted by Crippen LogP contribution is -2.51. The number of benzene rings is 2. The Labute approximate surface area is 239 Å². The van der Waals surface area contributed by atoms with Crippen LogP contribution in [0, 0.1) is 13.8 Å². The summed E-state index contributed by atoms with van der Waals surface area (Å²) >= 11 is 1.28. The molecule has 3 aromatic rings. The average Bonchev–Trinajstić information content (AvgIpc) is 3.45. The highest BCUT2D eigenvalue weighted by molar-refractivity contribution is 7.12. The molecule has 0 unspecified atom stereocenters. The Hall–Kier alpha value is -4.05. The van der Waals surface area contributed by atoms with E-state index in [2.05, 4.69) is 10.6 Å². The summed E-state index contributed by atoms with van der Waals surface area (Å²) in [6.07, 6.45) is 0. The topological polar surface area (TPSA) is 106 Å². The highest BCUT2D eigenvalue weighted by atomic mass is 32.1. The maximum atomic E-state index is 14.0. The van der Waals surface area contributed by atoms with Crippen molar-refractivity contribution in [3.63, 3.8) is 0 Å². The zero-order valence-electron chi connectivity index (χ0n) is 24.2. The number of amides is 3. The zero-order chi connectivity index (χ0) is 29.6. The van der Waals surface area contributed by atoms with Gasteiger partial charge in [0.15, 0.2) is 11.5 Å². The molecule has 40 heavy (non-hydrogen) atoms. The molecule has 10 heteroatoms. The molecule has 0 bridgehead atoms. The SMILES string of the molecule is COc1cc([C@H](C(=O)NC(C)(C)C)N(C(=O)CNC(=O)c2cccs2)c2cccc(C)c2C)cc(OC)c1OC. The van der Waals surface area contributed by atoms with E-state index >= 15 is 0 Å². The number of methoxy groups -OCH3 is 3. The standard InChI is InChI=1S/C30H37N3O6S/c1-18-11-9-12-21(19(18)2)33(25(34)17-31-28(35)24-13-10-14-40-24)26(29(36)32-30(3,4)5)20-15-22(37-6)27(39-8)23(16-20)38-7/h9-16,26H,17H2,1-8H3,(H,31,35)(H,32,36)/t26-/m1/s1. The second-order valence-electron chi connectivity index (χ2n) is 10.2. The van der Waals surface area contributed by atoms with Crippen LogP contribution in [0.25, 0.3) is 0 Å².